The molecule has 0 amide bonds. The van der Waals surface area contributed by atoms with Gasteiger partial charge in [0, 0.05) is 11.6 Å². The second-order valence-corrected chi connectivity index (χ2v) is 5.08. The summed E-state index contributed by atoms with van der Waals surface area (Å²) in [5, 5.41) is 7.81. The number of ether oxygens (including phenoxy) is 2. The summed E-state index contributed by atoms with van der Waals surface area (Å²) in [6.45, 7) is -0.0778. The minimum absolute atomic E-state index is 0.0778. The van der Waals surface area contributed by atoms with Crippen molar-refractivity contribution in [2.24, 2.45) is 0 Å². The zero-order valence-corrected chi connectivity index (χ0v) is 13.6. The SMILES string of the molecule is COc1ccc(/C=C/C(=O)OCc2nnc(-c3ccccc3)o2)cc1. The minimum atomic E-state index is -0.490. The van der Waals surface area contributed by atoms with Crippen LogP contribution < -0.4 is 4.74 Å². The summed E-state index contributed by atoms with van der Waals surface area (Å²) in [6, 6.07) is 16.7. The summed E-state index contributed by atoms with van der Waals surface area (Å²) >= 11 is 0. The third kappa shape index (κ3) is 4.54. The minimum Gasteiger partial charge on any atom is -0.497 e. The third-order valence-electron chi connectivity index (χ3n) is 3.35. The fourth-order valence-electron chi connectivity index (χ4n) is 2.07. The number of methoxy groups -OCH3 is 1. The third-order valence-corrected chi connectivity index (χ3v) is 3.35. The molecule has 6 heteroatoms. The topological polar surface area (TPSA) is 74.5 Å². The lowest BCUT2D eigenvalue weighted by atomic mass is 10.2. The van der Waals surface area contributed by atoms with E-state index in [9.17, 15) is 4.79 Å². The maximum absolute atomic E-state index is 11.8. The Morgan fingerprint density at radius 1 is 1.08 bits per heavy atom. The number of hydrogen-bond acceptors (Lipinski definition) is 6. The monoisotopic (exact) mass is 336 g/mol. The molecular weight excluding hydrogens is 320 g/mol. The molecule has 0 bridgehead atoms. The molecular formula is C19H16N2O4. The van der Waals surface area contributed by atoms with E-state index in [0.717, 1.165) is 16.9 Å². The van der Waals surface area contributed by atoms with Crippen LogP contribution in [-0.4, -0.2) is 23.3 Å². The number of aromatic nitrogens is 2. The first-order valence-corrected chi connectivity index (χ1v) is 7.61. The van der Waals surface area contributed by atoms with E-state index in [1.807, 2.05) is 54.6 Å². The zero-order chi connectivity index (χ0) is 17.5. The van der Waals surface area contributed by atoms with Gasteiger partial charge in [0.1, 0.15) is 5.75 Å². The predicted octanol–water partition coefficient (Wildman–Crippen LogP) is 3.50. The van der Waals surface area contributed by atoms with Crippen molar-refractivity contribution in [2.45, 2.75) is 6.61 Å². The number of nitrogens with zero attached hydrogens (tertiary/aromatic N) is 2. The van der Waals surface area contributed by atoms with E-state index in [1.165, 1.54) is 6.08 Å². The van der Waals surface area contributed by atoms with E-state index in [1.54, 1.807) is 13.2 Å². The molecule has 3 aromatic rings. The molecule has 0 saturated heterocycles. The lowest BCUT2D eigenvalue weighted by Crippen LogP contribution is -2.00. The fraction of sp³-hybridized carbons (Fsp3) is 0.105. The van der Waals surface area contributed by atoms with Crippen molar-refractivity contribution in [3.05, 3.63) is 72.1 Å². The molecule has 25 heavy (non-hydrogen) atoms. The molecule has 1 heterocycles. The Labute approximate surface area is 144 Å². The maximum Gasteiger partial charge on any atom is 0.331 e. The first-order valence-electron chi connectivity index (χ1n) is 7.61. The molecule has 0 saturated carbocycles. The predicted molar refractivity (Wildman–Crippen MR) is 91.6 cm³/mol. The van der Waals surface area contributed by atoms with Gasteiger partial charge in [-0.25, -0.2) is 4.79 Å². The zero-order valence-electron chi connectivity index (χ0n) is 13.6. The van der Waals surface area contributed by atoms with E-state index >= 15 is 0 Å². The van der Waals surface area contributed by atoms with Gasteiger partial charge in [0.15, 0.2) is 6.61 Å². The molecule has 3 rings (SSSR count). The van der Waals surface area contributed by atoms with Gasteiger partial charge in [-0.3, -0.25) is 0 Å². The Balaban J connectivity index is 1.53. The second-order valence-electron chi connectivity index (χ2n) is 5.08. The number of esters is 1. The average Bonchev–Trinajstić information content (AvgIpc) is 3.15. The van der Waals surface area contributed by atoms with Crippen molar-refractivity contribution in [3.8, 4) is 17.2 Å². The number of hydrogen-bond donors (Lipinski definition) is 0. The molecule has 126 valence electrons. The molecule has 0 spiro atoms. The second kappa shape index (κ2) is 7.92. The molecule has 0 unspecified atom stereocenters. The van der Waals surface area contributed by atoms with Gasteiger partial charge in [0.05, 0.1) is 7.11 Å². The quantitative estimate of drug-likeness (QED) is 0.506. The maximum atomic E-state index is 11.8. The Bertz CT molecular complexity index is 855. The van der Waals surface area contributed by atoms with Crippen molar-refractivity contribution in [3.63, 3.8) is 0 Å². The van der Waals surface area contributed by atoms with Gasteiger partial charge in [-0.1, -0.05) is 30.3 Å². The van der Waals surface area contributed by atoms with Crippen LogP contribution in [0, 0.1) is 0 Å². The molecule has 6 nitrogen and oxygen atoms in total. The number of rotatable bonds is 6. The Kier molecular flexibility index (Phi) is 5.21. The summed E-state index contributed by atoms with van der Waals surface area (Å²) in [6.07, 6.45) is 3.00. The van der Waals surface area contributed by atoms with Crippen molar-refractivity contribution < 1.29 is 18.7 Å². The van der Waals surface area contributed by atoms with E-state index < -0.39 is 5.97 Å². The molecule has 2 aromatic carbocycles. The fourth-order valence-corrected chi connectivity index (χ4v) is 2.07. The number of benzene rings is 2. The van der Waals surface area contributed by atoms with E-state index in [4.69, 9.17) is 13.9 Å². The van der Waals surface area contributed by atoms with Gasteiger partial charge in [-0.15, -0.1) is 10.2 Å². The lowest BCUT2D eigenvalue weighted by Gasteiger charge is -1.99. The summed E-state index contributed by atoms with van der Waals surface area (Å²) < 4.78 is 15.6. The Morgan fingerprint density at radius 2 is 1.84 bits per heavy atom. The first-order chi connectivity index (χ1) is 12.2. The normalized spacial score (nSPS) is 10.8. The summed E-state index contributed by atoms with van der Waals surface area (Å²) in [5.41, 5.74) is 1.67. The Morgan fingerprint density at radius 3 is 2.56 bits per heavy atom. The number of carbonyl (C=O) groups is 1. The van der Waals surface area contributed by atoms with Gasteiger partial charge < -0.3 is 13.9 Å². The van der Waals surface area contributed by atoms with Gasteiger partial charge in [0.25, 0.3) is 5.89 Å². The average molecular weight is 336 g/mol. The lowest BCUT2D eigenvalue weighted by molar-refractivity contribution is -0.139. The highest BCUT2D eigenvalue weighted by Crippen LogP contribution is 2.17. The molecule has 0 aliphatic rings. The summed E-state index contributed by atoms with van der Waals surface area (Å²) in [5.74, 6) is 0.895. The molecule has 0 aliphatic carbocycles. The van der Waals surface area contributed by atoms with E-state index in [2.05, 4.69) is 10.2 Å². The van der Waals surface area contributed by atoms with Crippen LogP contribution >= 0.6 is 0 Å². The highest BCUT2D eigenvalue weighted by atomic mass is 16.5. The number of carbonyl (C=O) groups excluding carboxylic acids is 1. The van der Waals surface area contributed by atoms with Crippen LogP contribution in [0.5, 0.6) is 5.75 Å². The van der Waals surface area contributed by atoms with Gasteiger partial charge >= 0.3 is 5.97 Å². The van der Waals surface area contributed by atoms with Crippen molar-refractivity contribution in [1.82, 2.24) is 10.2 Å². The van der Waals surface area contributed by atoms with Gasteiger partial charge in [-0.05, 0) is 35.9 Å². The highest BCUT2D eigenvalue weighted by Gasteiger charge is 2.09. The van der Waals surface area contributed by atoms with Gasteiger partial charge in [-0.2, -0.15) is 0 Å². The van der Waals surface area contributed by atoms with E-state index in [0.29, 0.717) is 5.89 Å². The van der Waals surface area contributed by atoms with Crippen LogP contribution in [0.4, 0.5) is 0 Å². The summed E-state index contributed by atoms with van der Waals surface area (Å²) in [4.78, 5) is 11.8. The molecule has 0 radical (unpaired) electrons. The van der Waals surface area contributed by atoms with Crippen LogP contribution in [0.25, 0.3) is 17.5 Å². The smallest absolute Gasteiger partial charge is 0.331 e. The molecule has 1 aromatic heterocycles. The van der Waals surface area contributed by atoms with Crippen LogP contribution in [0.3, 0.4) is 0 Å². The van der Waals surface area contributed by atoms with Gasteiger partial charge in [0.2, 0.25) is 5.89 Å². The van der Waals surface area contributed by atoms with Crippen LogP contribution in [0.1, 0.15) is 11.5 Å². The largest absolute Gasteiger partial charge is 0.497 e. The van der Waals surface area contributed by atoms with Crippen LogP contribution in [0.15, 0.2) is 65.1 Å². The Hall–Kier alpha value is -3.41. The van der Waals surface area contributed by atoms with Crippen molar-refractivity contribution in [1.29, 1.82) is 0 Å². The standard InChI is InChI=1S/C19H16N2O4/c1-23-16-10-7-14(8-11-16)9-12-18(22)24-13-17-20-21-19(25-17)15-5-3-2-4-6-15/h2-12H,13H2,1H3/b12-9+. The van der Waals surface area contributed by atoms with Crippen LogP contribution in [-0.2, 0) is 16.1 Å². The molecule has 0 fully saturated rings. The van der Waals surface area contributed by atoms with E-state index in [-0.39, 0.29) is 12.5 Å². The van der Waals surface area contributed by atoms with Crippen LogP contribution in [0.2, 0.25) is 0 Å². The van der Waals surface area contributed by atoms with Crippen molar-refractivity contribution >= 4 is 12.0 Å². The van der Waals surface area contributed by atoms with Crippen molar-refractivity contribution in [2.75, 3.05) is 7.11 Å². The molecule has 0 N–H and O–H groups in total. The molecule has 0 aliphatic heterocycles. The molecule has 0 atom stereocenters. The first kappa shape index (κ1) is 16.4. The summed E-state index contributed by atoms with van der Waals surface area (Å²) in [7, 11) is 1.60. The highest BCUT2D eigenvalue weighted by molar-refractivity contribution is 5.87.